The van der Waals surface area contributed by atoms with Gasteiger partial charge in [-0.3, -0.25) is 4.90 Å². The number of ether oxygens (including phenoxy) is 1. The molecule has 2 aromatic carbocycles. The van der Waals surface area contributed by atoms with Crippen LogP contribution in [0.15, 0.2) is 42.5 Å². The lowest BCUT2D eigenvalue weighted by Gasteiger charge is -2.36. The average Bonchev–Trinajstić information content (AvgIpc) is 2.58. The Morgan fingerprint density at radius 1 is 1.04 bits per heavy atom. The van der Waals surface area contributed by atoms with Gasteiger partial charge in [-0.2, -0.15) is 0 Å². The maximum absolute atomic E-state index is 12.4. The molecule has 1 heterocycles. The lowest BCUT2D eigenvalue weighted by molar-refractivity contribution is -0.274. The van der Waals surface area contributed by atoms with Gasteiger partial charge in [0.2, 0.25) is 0 Å². The third-order valence-corrected chi connectivity index (χ3v) is 4.71. The van der Waals surface area contributed by atoms with Crippen molar-refractivity contribution in [3.05, 3.63) is 64.2 Å². The standard InChI is InChI=1S/C19H20ClF3N2O.2ClH/c1-13-12-15(20)4-7-17(13)18(25-10-8-24-9-11-25)14-2-5-16(6-3-14)26-19(21,22)23;;/h2-7,12,18,24H,8-11H2,1H3;2*1H/t18-;;/m1../s1. The summed E-state index contributed by atoms with van der Waals surface area (Å²) in [4.78, 5) is 2.33. The first-order chi connectivity index (χ1) is 12.3. The fourth-order valence-corrected chi connectivity index (χ4v) is 3.55. The molecule has 28 heavy (non-hydrogen) atoms. The van der Waals surface area contributed by atoms with Crippen molar-refractivity contribution in [3.8, 4) is 5.75 Å². The van der Waals surface area contributed by atoms with E-state index in [1.807, 2.05) is 25.1 Å². The molecule has 0 bridgehead atoms. The molecule has 1 fully saturated rings. The molecule has 1 saturated heterocycles. The Hall–Kier alpha value is -1.18. The van der Waals surface area contributed by atoms with Crippen LogP contribution in [0.25, 0.3) is 0 Å². The highest BCUT2D eigenvalue weighted by molar-refractivity contribution is 6.30. The smallest absolute Gasteiger partial charge is 0.406 e. The Morgan fingerprint density at radius 3 is 2.18 bits per heavy atom. The van der Waals surface area contributed by atoms with Crippen molar-refractivity contribution in [1.29, 1.82) is 0 Å². The van der Waals surface area contributed by atoms with Crippen molar-refractivity contribution in [3.63, 3.8) is 0 Å². The summed E-state index contributed by atoms with van der Waals surface area (Å²) in [5.74, 6) is -0.215. The normalized spacial score (nSPS) is 15.9. The predicted octanol–water partition coefficient (Wildman–Crippen LogP) is 5.39. The molecule has 0 aliphatic carbocycles. The van der Waals surface area contributed by atoms with E-state index in [4.69, 9.17) is 11.6 Å². The molecule has 0 saturated carbocycles. The number of piperazine rings is 1. The summed E-state index contributed by atoms with van der Waals surface area (Å²) in [7, 11) is 0. The van der Waals surface area contributed by atoms with E-state index in [0.29, 0.717) is 5.02 Å². The second-order valence-corrected chi connectivity index (χ2v) is 6.74. The summed E-state index contributed by atoms with van der Waals surface area (Å²) in [5, 5.41) is 3.99. The van der Waals surface area contributed by atoms with Crippen LogP contribution in [-0.4, -0.2) is 37.4 Å². The summed E-state index contributed by atoms with van der Waals surface area (Å²) in [6.45, 7) is 5.45. The van der Waals surface area contributed by atoms with Crippen LogP contribution in [0.2, 0.25) is 5.02 Å². The Kier molecular flexibility index (Phi) is 9.37. The number of benzene rings is 2. The molecule has 1 atom stereocenters. The molecule has 0 spiro atoms. The number of hydrogen-bond donors (Lipinski definition) is 1. The number of halogens is 6. The zero-order valence-electron chi connectivity index (χ0n) is 15.1. The van der Waals surface area contributed by atoms with Crippen molar-refractivity contribution in [1.82, 2.24) is 10.2 Å². The van der Waals surface area contributed by atoms with Crippen molar-refractivity contribution < 1.29 is 17.9 Å². The first-order valence-corrected chi connectivity index (χ1v) is 8.78. The Morgan fingerprint density at radius 2 is 1.64 bits per heavy atom. The predicted molar refractivity (Wildman–Crippen MR) is 110 cm³/mol. The van der Waals surface area contributed by atoms with E-state index in [1.165, 1.54) is 12.1 Å². The van der Waals surface area contributed by atoms with E-state index >= 15 is 0 Å². The van der Waals surface area contributed by atoms with Gasteiger partial charge in [-0.1, -0.05) is 29.8 Å². The molecule has 2 aromatic rings. The van der Waals surface area contributed by atoms with Gasteiger partial charge in [0.05, 0.1) is 6.04 Å². The molecular formula is C19H22Cl3F3N2O. The number of alkyl halides is 3. The van der Waals surface area contributed by atoms with Gasteiger partial charge in [0.15, 0.2) is 0 Å². The quantitative estimate of drug-likeness (QED) is 0.667. The first kappa shape index (κ1) is 24.9. The van der Waals surface area contributed by atoms with Gasteiger partial charge >= 0.3 is 6.36 Å². The molecule has 156 valence electrons. The van der Waals surface area contributed by atoms with E-state index in [-0.39, 0.29) is 36.6 Å². The van der Waals surface area contributed by atoms with Gasteiger partial charge in [0, 0.05) is 31.2 Å². The largest absolute Gasteiger partial charge is 0.573 e. The van der Waals surface area contributed by atoms with Crippen molar-refractivity contribution >= 4 is 36.4 Å². The molecular weight excluding hydrogens is 436 g/mol. The number of nitrogens with one attached hydrogen (secondary N) is 1. The number of rotatable bonds is 4. The van der Waals surface area contributed by atoms with E-state index in [2.05, 4.69) is 15.0 Å². The molecule has 3 nitrogen and oxygen atoms in total. The van der Waals surface area contributed by atoms with Gasteiger partial charge in [-0.15, -0.1) is 38.0 Å². The van der Waals surface area contributed by atoms with E-state index in [9.17, 15) is 13.2 Å². The number of hydrogen-bond acceptors (Lipinski definition) is 3. The van der Waals surface area contributed by atoms with Crippen LogP contribution >= 0.6 is 36.4 Å². The zero-order valence-corrected chi connectivity index (χ0v) is 17.5. The fourth-order valence-electron chi connectivity index (χ4n) is 3.33. The summed E-state index contributed by atoms with van der Waals surface area (Å²) >= 11 is 6.09. The van der Waals surface area contributed by atoms with E-state index in [1.54, 1.807) is 12.1 Å². The van der Waals surface area contributed by atoms with Gasteiger partial charge in [0.25, 0.3) is 0 Å². The van der Waals surface area contributed by atoms with Crippen LogP contribution in [0.1, 0.15) is 22.7 Å². The summed E-state index contributed by atoms with van der Waals surface area (Å²) in [5.41, 5.74) is 3.07. The van der Waals surface area contributed by atoms with Crippen LogP contribution in [0, 0.1) is 6.92 Å². The van der Waals surface area contributed by atoms with E-state index < -0.39 is 6.36 Å². The third kappa shape index (κ3) is 6.42. The molecule has 1 N–H and O–H groups in total. The molecule has 0 aromatic heterocycles. The average molecular weight is 458 g/mol. The second kappa shape index (κ2) is 10.6. The van der Waals surface area contributed by atoms with Crippen LogP contribution in [0.4, 0.5) is 13.2 Å². The minimum Gasteiger partial charge on any atom is -0.406 e. The van der Waals surface area contributed by atoms with Gasteiger partial charge in [0.1, 0.15) is 5.75 Å². The van der Waals surface area contributed by atoms with Crippen LogP contribution in [0.5, 0.6) is 5.75 Å². The SMILES string of the molecule is Cc1cc(Cl)ccc1[C@@H](c1ccc(OC(F)(F)F)cc1)N1CCNCC1.Cl.Cl. The Bertz CT molecular complexity index is 751. The zero-order chi connectivity index (χ0) is 18.7. The van der Waals surface area contributed by atoms with Gasteiger partial charge in [-0.25, -0.2) is 0 Å². The molecule has 1 aliphatic rings. The topological polar surface area (TPSA) is 24.5 Å². The Balaban J connectivity index is 0.00000196. The maximum Gasteiger partial charge on any atom is 0.573 e. The molecule has 3 rings (SSSR count). The highest BCUT2D eigenvalue weighted by Gasteiger charge is 2.31. The van der Waals surface area contributed by atoms with Crippen molar-refractivity contribution in [2.45, 2.75) is 19.3 Å². The lowest BCUT2D eigenvalue weighted by Crippen LogP contribution is -2.45. The lowest BCUT2D eigenvalue weighted by atomic mass is 9.93. The summed E-state index contributed by atoms with van der Waals surface area (Å²) < 4.78 is 41.2. The van der Waals surface area contributed by atoms with E-state index in [0.717, 1.165) is 42.9 Å². The molecule has 0 amide bonds. The molecule has 1 aliphatic heterocycles. The van der Waals surface area contributed by atoms with Crippen molar-refractivity contribution in [2.75, 3.05) is 26.2 Å². The summed E-state index contributed by atoms with van der Waals surface area (Å²) in [6, 6.07) is 11.8. The van der Waals surface area contributed by atoms with Crippen molar-refractivity contribution in [2.24, 2.45) is 0 Å². The van der Waals surface area contributed by atoms with Crippen LogP contribution in [0.3, 0.4) is 0 Å². The van der Waals surface area contributed by atoms with Crippen LogP contribution in [-0.2, 0) is 0 Å². The minimum absolute atomic E-state index is 0. The van der Waals surface area contributed by atoms with Gasteiger partial charge in [-0.05, 0) is 47.9 Å². The summed E-state index contributed by atoms with van der Waals surface area (Å²) in [6.07, 6.45) is -4.69. The minimum atomic E-state index is -4.69. The molecule has 0 radical (unpaired) electrons. The third-order valence-electron chi connectivity index (χ3n) is 4.47. The number of aryl methyl sites for hydroxylation is 1. The monoisotopic (exact) mass is 456 g/mol. The highest BCUT2D eigenvalue weighted by Crippen LogP contribution is 2.34. The number of nitrogens with zero attached hydrogens (tertiary/aromatic N) is 1. The van der Waals surface area contributed by atoms with Gasteiger partial charge < -0.3 is 10.1 Å². The molecule has 0 unspecified atom stereocenters. The second-order valence-electron chi connectivity index (χ2n) is 6.31. The molecule has 9 heteroatoms. The highest BCUT2D eigenvalue weighted by atomic mass is 35.5. The maximum atomic E-state index is 12.4. The first-order valence-electron chi connectivity index (χ1n) is 8.40. The Labute approximate surface area is 180 Å². The van der Waals surface area contributed by atoms with Crippen LogP contribution < -0.4 is 10.1 Å². The fraction of sp³-hybridized carbons (Fsp3) is 0.368.